The smallest absolute Gasteiger partial charge is 0.387 e. The number of rotatable bonds is 12. The van der Waals surface area contributed by atoms with Crippen LogP contribution in [0.3, 0.4) is 0 Å². The Hall–Kier alpha value is -2.21. The molecule has 1 atom stereocenters. The number of aliphatic imine (C=N–C) groups is 1. The molecule has 1 unspecified atom stereocenters. The molecule has 0 radical (unpaired) electrons. The lowest BCUT2D eigenvalue weighted by molar-refractivity contribution is -0.0498. The van der Waals surface area contributed by atoms with E-state index in [9.17, 15) is 13.9 Å². The molecule has 31 heavy (non-hydrogen) atoms. The predicted molar refractivity (Wildman–Crippen MR) is 129 cm³/mol. The number of unbranched alkanes of at least 4 members (excludes halogenated alkanes) is 1. The summed E-state index contributed by atoms with van der Waals surface area (Å²) in [6.07, 6.45) is 2.82. The molecule has 0 amide bonds. The highest BCUT2D eigenvalue weighted by Gasteiger charge is 2.09. The van der Waals surface area contributed by atoms with Crippen molar-refractivity contribution in [2.45, 2.75) is 32.5 Å². The van der Waals surface area contributed by atoms with Crippen molar-refractivity contribution in [3.63, 3.8) is 0 Å². The lowest BCUT2D eigenvalue weighted by Gasteiger charge is -2.14. The van der Waals surface area contributed by atoms with Gasteiger partial charge in [0, 0.05) is 25.8 Å². The number of nitrogens with one attached hydrogen (secondary N) is 3. The normalized spacial score (nSPS) is 12.1. The fourth-order valence-corrected chi connectivity index (χ4v) is 2.64. The second-order valence-electron chi connectivity index (χ2n) is 6.46. The van der Waals surface area contributed by atoms with Crippen LogP contribution in [0.25, 0.3) is 0 Å². The molecule has 1 heterocycles. The highest BCUT2D eigenvalue weighted by atomic mass is 127. The topological polar surface area (TPSA) is 90.8 Å². The first-order valence-corrected chi connectivity index (χ1v) is 9.98. The second kappa shape index (κ2) is 15.6. The van der Waals surface area contributed by atoms with E-state index < -0.39 is 12.7 Å². The molecule has 0 aliphatic carbocycles. The number of nitrogens with zero attached hydrogens (tertiary/aromatic N) is 2. The Morgan fingerprint density at radius 2 is 1.84 bits per heavy atom. The van der Waals surface area contributed by atoms with Gasteiger partial charge in [0.15, 0.2) is 5.96 Å². The maximum atomic E-state index is 12.2. The Morgan fingerprint density at radius 3 is 2.48 bits per heavy atom. The van der Waals surface area contributed by atoms with Gasteiger partial charge in [-0.15, -0.1) is 24.0 Å². The van der Waals surface area contributed by atoms with Gasteiger partial charge in [-0.2, -0.15) is 8.78 Å². The van der Waals surface area contributed by atoms with Gasteiger partial charge in [0.1, 0.15) is 11.6 Å². The molecular weight excluding hydrogens is 519 g/mol. The zero-order chi connectivity index (χ0) is 21.6. The van der Waals surface area contributed by atoms with Gasteiger partial charge in [-0.05, 0) is 49.6 Å². The van der Waals surface area contributed by atoms with E-state index in [1.807, 2.05) is 25.1 Å². The average molecular weight is 549 g/mol. The minimum absolute atomic E-state index is 0. The Labute approximate surface area is 198 Å². The Balaban J connectivity index is 0.00000480. The van der Waals surface area contributed by atoms with Gasteiger partial charge in [-0.25, -0.2) is 4.98 Å². The highest BCUT2D eigenvalue weighted by molar-refractivity contribution is 14.0. The lowest BCUT2D eigenvalue weighted by atomic mass is 10.1. The van der Waals surface area contributed by atoms with E-state index in [0.29, 0.717) is 18.1 Å². The Kier molecular flexibility index (Phi) is 13.5. The number of aliphatic hydroxyl groups is 1. The monoisotopic (exact) mass is 549 g/mol. The van der Waals surface area contributed by atoms with Crippen LogP contribution in [-0.2, 0) is 0 Å². The van der Waals surface area contributed by atoms with Crippen molar-refractivity contribution in [2.75, 3.05) is 31.5 Å². The van der Waals surface area contributed by atoms with Gasteiger partial charge in [-0.1, -0.05) is 18.2 Å². The third-order valence-electron chi connectivity index (χ3n) is 4.12. The summed E-state index contributed by atoms with van der Waals surface area (Å²) in [5.74, 6) is 1.53. The van der Waals surface area contributed by atoms with Gasteiger partial charge < -0.3 is 25.8 Å². The fourth-order valence-electron chi connectivity index (χ4n) is 2.64. The molecule has 2 aromatic rings. The number of aliphatic hydroxyl groups excluding tert-OH is 1. The largest absolute Gasteiger partial charge is 0.435 e. The average Bonchev–Trinajstić information content (AvgIpc) is 2.75. The molecular formula is C21H30F2IN5O2. The maximum absolute atomic E-state index is 12.2. The van der Waals surface area contributed by atoms with Gasteiger partial charge in [0.05, 0.1) is 12.6 Å². The van der Waals surface area contributed by atoms with Crippen molar-refractivity contribution in [1.82, 2.24) is 15.6 Å². The number of hydrogen-bond acceptors (Lipinski definition) is 5. The molecule has 1 aromatic carbocycles. The minimum Gasteiger partial charge on any atom is -0.435 e. The van der Waals surface area contributed by atoms with Crippen molar-refractivity contribution in [2.24, 2.45) is 4.99 Å². The fraction of sp³-hybridized carbons (Fsp3) is 0.429. The van der Waals surface area contributed by atoms with Crippen molar-refractivity contribution in [1.29, 1.82) is 0 Å². The zero-order valence-corrected chi connectivity index (χ0v) is 19.8. The van der Waals surface area contributed by atoms with Gasteiger partial charge in [0.25, 0.3) is 0 Å². The minimum atomic E-state index is -2.87. The molecule has 172 valence electrons. The van der Waals surface area contributed by atoms with Gasteiger partial charge in [0.2, 0.25) is 0 Å². The van der Waals surface area contributed by atoms with E-state index in [1.54, 1.807) is 18.3 Å². The molecule has 0 aliphatic rings. The highest BCUT2D eigenvalue weighted by Crippen LogP contribution is 2.19. The SMILES string of the molecule is CCNC(=NCC(O)c1ccc(OC(F)F)cc1)NCCCCNc1ccccn1.I. The van der Waals surface area contributed by atoms with E-state index in [0.717, 1.165) is 31.7 Å². The summed E-state index contributed by atoms with van der Waals surface area (Å²) in [6.45, 7) is 1.51. The molecule has 0 bridgehead atoms. The first-order chi connectivity index (χ1) is 14.6. The van der Waals surface area contributed by atoms with Gasteiger partial charge >= 0.3 is 6.61 Å². The third kappa shape index (κ3) is 11.1. The predicted octanol–water partition coefficient (Wildman–Crippen LogP) is 3.78. The number of guanidine groups is 1. The van der Waals surface area contributed by atoms with Crippen molar-refractivity contribution in [3.8, 4) is 5.75 Å². The van der Waals surface area contributed by atoms with E-state index in [-0.39, 0.29) is 36.3 Å². The molecule has 10 heteroatoms. The molecule has 0 saturated carbocycles. The summed E-state index contributed by atoms with van der Waals surface area (Å²) < 4.78 is 28.7. The van der Waals surface area contributed by atoms with Crippen LogP contribution in [0.5, 0.6) is 5.75 Å². The van der Waals surface area contributed by atoms with Crippen LogP contribution in [-0.4, -0.2) is 48.8 Å². The molecule has 7 nitrogen and oxygen atoms in total. The summed E-state index contributed by atoms with van der Waals surface area (Å²) >= 11 is 0. The molecule has 0 fully saturated rings. The second-order valence-corrected chi connectivity index (χ2v) is 6.46. The summed E-state index contributed by atoms with van der Waals surface area (Å²) in [5.41, 5.74) is 0.580. The van der Waals surface area contributed by atoms with E-state index in [4.69, 9.17) is 0 Å². The number of ether oxygens (including phenoxy) is 1. The first kappa shape index (κ1) is 26.8. The molecule has 1 aromatic heterocycles. The Morgan fingerprint density at radius 1 is 1.10 bits per heavy atom. The van der Waals surface area contributed by atoms with Crippen LogP contribution in [0.4, 0.5) is 14.6 Å². The number of benzene rings is 1. The quantitative estimate of drug-likeness (QED) is 0.140. The number of halogens is 3. The van der Waals surface area contributed by atoms with Crippen LogP contribution >= 0.6 is 24.0 Å². The zero-order valence-electron chi connectivity index (χ0n) is 17.4. The maximum Gasteiger partial charge on any atom is 0.387 e. The third-order valence-corrected chi connectivity index (χ3v) is 4.12. The molecule has 2 rings (SSSR count). The summed E-state index contributed by atoms with van der Waals surface area (Å²) in [4.78, 5) is 8.61. The number of anilines is 1. The standard InChI is InChI=1S/C21H29F2N5O2.HI/c1-2-24-21(27-14-6-5-13-26-19-7-3-4-12-25-19)28-15-18(29)16-8-10-17(11-9-16)30-20(22)23;/h3-4,7-12,18,20,29H,2,5-6,13-15H2,1H3,(H,25,26)(H2,24,27,28);1H. The van der Waals surface area contributed by atoms with E-state index in [1.165, 1.54) is 12.1 Å². The van der Waals surface area contributed by atoms with Crippen LogP contribution in [0, 0.1) is 0 Å². The van der Waals surface area contributed by atoms with Crippen LogP contribution < -0.4 is 20.7 Å². The molecule has 4 N–H and O–H groups in total. The van der Waals surface area contributed by atoms with E-state index >= 15 is 0 Å². The van der Waals surface area contributed by atoms with Crippen LogP contribution in [0.1, 0.15) is 31.4 Å². The molecule has 0 aliphatic heterocycles. The number of hydrogen-bond donors (Lipinski definition) is 4. The lowest BCUT2D eigenvalue weighted by Crippen LogP contribution is -2.38. The first-order valence-electron chi connectivity index (χ1n) is 9.98. The van der Waals surface area contributed by atoms with Gasteiger partial charge in [-0.3, -0.25) is 4.99 Å². The summed E-state index contributed by atoms with van der Waals surface area (Å²) in [7, 11) is 0. The number of pyridine rings is 1. The summed E-state index contributed by atoms with van der Waals surface area (Å²) in [6, 6.07) is 11.6. The van der Waals surface area contributed by atoms with Crippen molar-refractivity contribution < 1.29 is 18.6 Å². The van der Waals surface area contributed by atoms with E-state index in [2.05, 4.69) is 30.7 Å². The van der Waals surface area contributed by atoms with Crippen molar-refractivity contribution in [3.05, 3.63) is 54.2 Å². The van der Waals surface area contributed by atoms with Crippen LogP contribution in [0.2, 0.25) is 0 Å². The molecule has 0 spiro atoms. The summed E-state index contributed by atoms with van der Waals surface area (Å²) in [5, 5.41) is 19.9. The Bertz CT molecular complexity index is 751. The van der Waals surface area contributed by atoms with Crippen molar-refractivity contribution >= 4 is 35.8 Å². The molecule has 0 saturated heterocycles. The number of alkyl halides is 2. The van der Waals surface area contributed by atoms with Crippen LogP contribution in [0.15, 0.2) is 53.7 Å². The number of aromatic nitrogens is 1.